The fourth-order valence-corrected chi connectivity index (χ4v) is 1.96. The number of amides is 1. The molecule has 2 aromatic rings. The van der Waals surface area contributed by atoms with Crippen molar-refractivity contribution >= 4 is 35.9 Å². The number of benzene rings is 1. The van der Waals surface area contributed by atoms with Crippen LogP contribution in [0.4, 0.5) is 5.95 Å². The minimum absolute atomic E-state index is 0. The first-order valence-electron chi connectivity index (χ1n) is 6.35. The normalized spacial score (nSPS) is 11.6. The standard InChI is InChI=1S/C13H16ClN5O.ClH/c1-2-5-10(15)12(20)17-13-16-11(18-19-13)8-6-3-4-7-9(8)14;/h3-4,6-7,10H,2,5,15H2,1H3,(H2,16,17,18,19,20);1H. The van der Waals surface area contributed by atoms with Gasteiger partial charge in [0.15, 0.2) is 5.82 Å². The van der Waals surface area contributed by atoms with Crippen molar-refractivity contribution in [2.24, 2.45) is 5.73 Å². The molecule has 1 aromatic carbocycles. The van der Waals surface area contributed by atoms with Crippen LogP contribution >= 0.6 is 24.0 Å². The predicted molar refractivity (Wildman–Crippen MR) is 85.6 cm³/mol. The minimum atomic E-state index is -0.553. The van der Waals surface area contributed by atoms with E-state index in [1.54, 1.807) is 6.07 Å². The van der Waals surface area contributed by atoms with E-state index in [2.05, 4.69) is 20.5 Å². The smallest absolute Gasteiger partial charge is 0.249 e. The van der Waals surface area contributed by atoms with Crippen LogP contribution in [-0.2, 0) is 4.79 Å². The zero-order chi connectivity index (χ0) is 14.5. The van der Waals surface area contributed by atoms with Crippen LogP contribution < -0.4 is 11.1 Å². The molecule has 4 N–H and O–H groups in total. The first-order valence-corrected chi connectivity index (χ1v) is 6.73. The highest BCUT2D eigenvalue weighted by molar-refractivity contribution is 6.33. The van der Waals surface area contributed by atoms with Gasteiger partial charge in [0.2, 0.25) is 11.9 Å². The van der Waals surface area contributed by atoms with Gasteiger partial charge in [0.05, 0.1) is 11.1 Å². The van der Waals surface area contributed by atoms with Crippen molar-refractivity contribution in [1.82, 2.24) is 15.2 Å². The minimum Gasteiger partial charge on any atom is -0.320 e. The molecule has 0 spiro atoms. The van der Waals surface area contributed by atoms with Crippen molar-refractivity contribution in [2.45, 2.75) is 25.8 Å². The number of nitrogens with two attached hydrogens (primary N) is 1. The van der Waals surface area contributed by atoms with Gasteiger partial charge in [-0.05, 0) is 18.6 Å². The highest BCUT2D eigenvalue weighted by Gasteiger charge is 2.15. The Hall–Kier alpha value is -1.63. The summed E-state index contributed by atoms with van der Waals surface area (Å²) in [6.07, 6.45) is 1.46. The summed E-state index contributed by atoms with van der Waals surface area (Å²) < 4.78 is 0. The number of aromatic amines is 1. The third-order valence-corrected chi connectivity index (χ3v) is 3.12. The van der Waals surface area contributed by atoms with Gasteiger partial charge in [-0.3, -0.25) is 15.2 Å². The van der Waals surface area contributed by atoms with E-state index in [1.165, 1.54) is 0 Å². The van der Waals surface area contributed by atoms with Crippen molar-refractivity contribution in [3.8, 4) is 11.4 Å². The van der Waals surface area contributed by atoms with Crippen LogP contribution in [0.3, 0.4) is 0 Å². The molecule has 1 unspecified atom stereocenters. The molecule has 0 bridgehead atoms. The summed E-state index contributed by atoms with van der Waals surface area (Å²) in [4.78, 5) is 15.9. The quantitative estimate of drug-likeness (QED) is 0.785. The third kappa shape index (κ3) is 4.42. The number of carbonyl (C=O) groups excluding carboxylic acids is 1. The molecule has 2 rings (SSSR count). The lowest BCUT2D eigenvalue weighted by Crippen LogP contribution is -2.35. The number of hydrogen-bond acceptors (Lipinski definition) is 4. The van der Waals surface area contributed by atoms with Crippen LogP contribution in [0.15, 0.2) is 24.3 Å². The molecule has 114 valence electrons. The summed E-state index contributed by atoms with van der Waals surface area (Å²) >= 11 is 6.07. The molecule has 0 saturated heterocycles. The second kappa shape index (κ2) is 7.97. The number of nitrogens with zero attached hydrogens (tertiary/aromatic N) is 2. The Bertz CT molecular complexity index is 602. The Balaban J connectivity index is 0.00000220. The van der Waals surface area contributed by atoms with Gasteiger partial charge >= 0.3 is 0 Å². The fraction of sp³-hybridized carbons (Fsp3) is 0.308. The summed E-state index contributed by atoms with van der Waals surface area (Å²) in [6, 6.07) is 6.70. The van der Waals surface area contributed by atoms with Gasteiger partial charge in [0.1, 0.15) is 0 Å². The van der Waals surface area contributed by atoms with E-state index in [1.807, 2.05) is 25.1 Å². The monoisotopic (exact) mass is 329 g/mol. The molecule has 1 aromatic heterocycles. The van der Waals surface area contributed by atoms with Crippen LogP contribution in [0.5, 0.6) is 0 Å². The molecule has 0 radical (unpaired) electrons. The van der Waals surface area contributed by atoms with E-state index in [4.69, 9.17) is 17.3 Å². The second-order valence-corrected chi connectivity index (χ2v) is 4.78. The maximum atomic E-state index is 11.8. The molecule has 1 amide bonds. The zero-order valence-corrected chi connectivity index (χ0v) is 13.0. The molecule has 8 heteroatoms. The molecule has 1 heterocycles. The molecule has 1 atom stereocenters. The van der Waals surface area contributed by atoms with Gasteiger partial charge in [-0.2, -0.15) is 4.98 Å². The lowest BCUT2D eigenvalue weighted by Gasteiger charge is -2.08. The molecule has 0 fully saturated rings. The molecule has 6 nitrogen and oxygen atoms in total. The number of H-pyrrole nitrogens is 1. The second-order valence-electron chi connectivity index (χ2n) is 4.37. The largest absolute Gasteiger partial charge is 0.320 e. The lowest BCUT2D eigenvalue weighted by molar-refractivity contribution is -0.117. The average Bonchev–Trinajstić information content (AvgIpc) is 2.87. The molecule has 0 aliphatic heterocycles. The number of carbonyl (C=O) groups is 1. The van der Waals surface area contributed by atoms with Crippen molar-refractivity contribution < 1.29 is 4.79 Å². The lowest BCUT2D eigenvalue weighted by atomic mass is 10.2. The summed E-state index contributed by atoms with van der Waals surface area (Å²) in [7, 11) is 0. The highest BCUT2D eigenvalue weighted by atomic mass is 35.5. The third-order valence-electron chi connectivity index (χ3n) is 2.79. The Morgan fingerprint density at radius 2 is 2.19 bits per heavy atom. The van der Waals surface area contributed by atoms with Crippen molar-refractivity contribution in [2.75, 3.05) is 5.32 Å². The van der Waals surface area contributed by atoms with Gasteiger partial charge in [-0.25, -0.2) is 0 Å². The predicted octanol–water partition coefficient (Wildman–Crippen LogP) is 2.61. The number of rotatable bonds is 5. The van der Waals surface area contributed by atoms with E-state index in [-0.39, 0.29) is 24.3 Å². The summed E-state index contributed by atoms with van der Waals surface area (Å²) in [5, 5.41) is 9.81. The molecular weight excluding hydrogens is 313 g/mol. The van der Waals surface area contributed by atoms with Gasteiger partial charge in [-0.15, -0.1) is 17.5 Å². The first kappa shape index (κ1) is 17.4. The molecule has 0 aliphatic rings. The van der Waals surface area contributed by atoms with Crippen molar-refractivity contribution in [3.63, 3.8) is 0 Å². The topological polar surface area (TPSA) is 96.7 Å². The first-order chi connectivity index (χ1) is 9.61. The number of aromatic nitrogens is 3. The number of nitrogens with one attached hydrogen (secondary N) is 2. The maximum absolute atomic E-state index is 11.8. The van der Waals surface area contributed by atoms with Crippen LogP contribution in [0.2, 0.25) is 5.02 Å². The highest BCUT2D eigenvalue weighted by Crippen LogP contribution is 2.24. The van der Waals surface area contributed by atoms with E-state index in [9.17, 15) is 4.79 Å². The molecule has 0 saturated carbocycles. The molecule has 21 heavy (non-hydrogen) atoms. The van der Waals surface area contributed by atoms with Crippen LogP contribution in [0.1, 0.15) is 19.8 Å². The summed E-state index contributed by atoms with van der Waals surface area (Å²) in [6.45, 7) is 1.97. The zero-order valence-electron chi connectivity index (χ0n) is 11.5. The summed E-state index contributed by atoms with van der Waals surface area (Å²) in [5.74, 6) is 0.392. The molecular formula is C13H17Cl2N5O. The Kier molecular flexibility index (Phi) is 6.61. The van der Waals surface area contributed by atoms with E-state index in [0.29, 0.717) is 17.3 Å². The number of halogens is 2. The fourth-order valence-electron chi connectivity index (χ4n) is 1.74. The number of anilines is 1. The van der Waals surface area contributed by atoms with E-state index >= 15 is 0 Å². The van der Waals surface area contributed by atoms with Crippen molar-refractivity contribution in [3.05, 3.63) is 29.3 Å². The Morgan fingerprint density at radius 3 is 2.86 bits per heavy atom. The van der Waals surface area contributed by atoms with E-state index in [0.717, 1.165) is 12.0 Å². The van der Waals surface area contributed by atoms with E-state index < -0.39 is 6.04 Å². The van der Waals surface area contributed by atoms with Crippen LogP contribution in [0.25, 0.3) is 11.4 Å². The Labute approximate surface area is 133 Å². The van der Waals surface area contributed by atoms with Crippen LogP contribution in [-0.4, -0.2) is 27.1 Å². The van der Waals surface area contributed by atoms with Gasteiger partial charge < -0.3 is 5.73 Å². The van der Waals surface area contributed by atoms with Gasteiger partial charge in [0.25, 0.3) is 0 Å². The SMILES string of the molecule is CCCC(N)C(=O)Nc1n[nH]c(-c2ccccc2Cl)n1.Cl. The number of hydrogen-bond donors (Lipinski definition) is 3. The van der Waals surface area contributed by atoms with Gasteiger partial charge in [0, 0.05) is 5.56 Å². The van der Waals surface area contributed by atoms with Crippen LogP contribution in [0, 0.1) is 0 Å². The Morgan fingerprint density at radius 1 is 1.48 bits per heavy atom. The average molecular weight is 330 g/mol. The van der Waals surface area contributed by atoms with Gasteiger partial charge in [-0.1, -0.05) is 37.1 Å². The maximum Gasteiger partial charge on any atom is 0.249 e. The summed E-state index contributed by atoms with van der Waals surface area (Å²) in [5.41, 5.74) is 6.44. The molecule has 0 aliphatic carbocycles. The van der Waals surface area contributed by atoms with Crippen molar-refractivity contribution in [1.29, 1.82) is 0 Å².